The highest BCUT2D eigenvalue weighted by atomic mass is 16.4. The van der Waals surface area contributed by atoms with Gasteiger partial charge in [-0.15, -0.1) is 0 Å². The predicted octanol–water partition coefficient (Wildman–Crippen LogP) is 0.511. The third kappa shape index (κ3) is 2.78. The third-order valence-corrected chi connectivity index (χ3v) is 4.42. The van der Waals surface area contributed by atoms with Crippen molar-refractivity contribution in [2.24, 2.45) is 0 Å². The summed E-state index contributed by atoms with van der Waals surface area (Å²) in [5.74, 6) is -1.43. The minimum Gasteiger partial charge on any atom is -0.481 e. The van der Waals surface area contributed by atoms with E-state index in [1.807, 2.05) is 4.90 Å². The second-order valence-corrected chi connectivity index (χ2v) is 5.60. The van der Waals surface area contributed by atoms with Gasteiger partial charge >= 0.3 is 5.97 Å². The van der Waals surface area contributed by atoms with Gasteiger partial charge in [0.2, 0.25) is 11.8 Å². The molecule has 0 aromatic rings. The number of hydrogen-bond acceptors (Lipinski definition) is 4. The van der Waals surface area contributed by atoms with Crippen molar-refractivity contribution < 1.29 is 19.5 Å². The largest absolute Gasteiger partial charge is 0.481 e. The average molecular weight is 268 g/mol. The molecule has 2 amide bonds. The zero-order valence-corrected chi connectivity index (χ0v) is 11.1. The van der Waals surface area contributed by atoms with Crippen LogP contribution in [0, 0.1) is 0 Å². The highest BCUT2D eigenvalue weighted by Gasteiger charge is 2.45. The van der Waals surface area contributed by atoms with Gasteiger partial charge in [0.25, 0.3) is 0 Å². The Kier molecular flexibility index (Phi) is 3.89. The van der Waals surface area contributed by atoms with Crippen molar-refractivity contribution in [2.45, 2.75) is 56.5 Å². The predicted molar refractivity (Wildman–Crippen MR) is 67.4 cm³/mol. The van der Waals surface area contributed by atoms with E-state index < -0.39 is 17.6 Å². The molecule has 6 nitrogen and oxygen atoms in total. The zero-order chi connectivity index (χ0) is 14.0. The Morgan fingerprint density at radius 2 is 2.00 bits per heavy atom. The molecule has 0 radical (unpaired) electrons. The van der Waals surface area contributed by atoms with E-state index in [1.54, 1.807) is 7.05 Å². The Morgan fingerprint density at radius 3 is 2.47 bits per heavy atom. The summed E-state index contributed by atoms with van der Waals surface area (Å²) in [7, 11) is 1.77. The lowest BCUT2D eigenvalue weighted by molar-refractivity contribution is -0.143. The van der Waals surface area contributed by atoms with Gasteiger partial charge in [-0.25, -0.2) is 0 Å². The van der Waals surface area contributed by atoms with Crippen molar-refractivity contribution in [3.05, 3.63) is 0 Å². The van der Waals surface area contributed by atoms with Gasteiger partial charge in [-0.3, -0.25) is 24.6 Å². The molecule has 2 rings (SSSR count). The number of likely N-dealkylation sites (N-methyl/N-ethyl adjacent to an activating group) is 1. The molecule has 2 fully saturated rings. The standard InChI is InChI=1S/C13H20N2O4/c1-15(9-7-10(16)14-12(9)19)13(8-11(17)18)5-3-2-4-6-13/h9H,2-8H2,1H3,(H,17,18)(H,14,16,19). The number of nitrogens with one attached hydrogen (secondary N) is 1. The van der Waals surface area contributed by atoms with E-state index in [-0.39, 0.29) is 24.7 Å². The Bertz CT molecular complexity index is 401. The summed E-state index contributed by atoms with van der Waals surface area (Å²) in [6.07, 6.45) is 4.75. The molecule has 2 N–H and O–H groups in total. The molecule has 0 aromatic heterocycles. The normalized spacial score (nSPS) is 26.5. The molecule has 1 aliphatic carbocycles. The summed E-state index contributed by atoms with van der Waals surface area (Å²) >= 11 is 0. The van der Waals surface area contributed by atoms with E-state index in [2.05, 4.69) is 5.32 Å². The second kappa shape index (κ2) is 5.28. The number of amides is 2. The van der Waals surface area contributed by atoms with Crippen molar-refractivity contribution in [1.82, 2.24) is 10.2 Å². The van der Waals surface area contributed by atoms with E-state index in [4.69, 9.17) is 5.11 Å². The molecule has 1 saturated carbocycles. The number of nitrogens with zero attached hydrogens (tertiary/aromatic N) is 1. The average Bonchev–Trinajstić information content (AvgIpc) is 2.67. The molecule has 1 saturated heterocycles. The van der Waals surface area contributed by atoms with Crippen molar-refractivity contribution in [1.29, 1.82) is 0 Å². The Morgan fingerprint density at radius 1 is 1.37 bits per heavy atom. The fourth-order valence-corrected chi connectivity index (χ4v) is 3.33. The molecule has 0 bridgehead atoms. The number of hydrogen-bond donors (Lipinski definition) is 2. The zero-order valence-electron chi connectivity index (χ0n) is 11.1. The Balaban J connectivity index is 2.19. The van der Waals surface area contributed by atoms with Crippen LogP contribution in [0.2, 0.25) is 0 Å². The van der Waals surface area contributed by atoms with Crippen molar-refractivity contribution in [3.63, 3.8) is 0 Å². The van der Waals surface area contributed by atoms with Gasteiger partial charge in [-0.1, -0.05) is 19.3 Å². The van der Waals surface area contributed by atoms with Crippen LogP contribution in [0.15, 0.2) is 0 Å². The molecule has 1 heterocycles. The van der Waals surface area contributed by atoms with Crippen molar-refractivity contribution in [2.75, 3.05) is 7.05 Å². The molecule has 2 aliphatic rings. The maximum Gasteiger partial charge on any atom is 0.305 e. The molecule has 0 spiro atoms. The summed E-state index contributed by atoms with van der Waals surface area (Å²) in [5.41, 5.74) is -0.489. The van der Waals surface area contributed by atoms with Crippen LogP contribution < -0.4 is 5.32 Å². The molecular weight excluding hydrogens is 248 g/mol. The maximum absolute atomic E-state index is 11.8. The number of carboxylic acids is 1. The van der Waals surface area contributed by atoms with Crippen LogP contribution in [0.1, 0.15) is 44.9 Å². The maximum atomic E-state index is 11.8. The molecule has 6 heteroatoms. The number of carbonyl (C=O) groups is 3. The van der Waals surface area contributed by atoms with Gasteiger partial charge in [-0.05, 0) is 19.9 Å². The Hall–Kier alpha value is -1.43. The van der Waals surface area contributed by atoms with Gasteiger partial charge in [0.05, 0.1) is 18.9 Å². The first-order valence-electron chi connectivity index (χ1n) is 6.73. The molecule has 1 unspecified atom stereocenters. The summed E-state index contributed by atoms with van der Waals surface area (Å²) in [5, 5.41) is 11.4. The fraction of sp³-hybridized carbons (Fsp3) is 0.769. The SMILES string of the molecule is CN(C1CC(=O)NC1=O)C1(CC(=O)O)CCCCC1. The third-order valence-electron chi connectivity index (χ3n) is 4.42. The van der Waals surface area contributed by atoms with Crippen LogP contribution in [-0.4, -0.2) is 46.4 Å². The first-order chi connectivity index (χ1) is 8.94. The lowest BCUT2D eigenvalue weighted by Crippen LogP contribution is -2.55. The topological polar surface area (TPSA) is 86.7 Å². The van der Waals surface area contributed by atoms with Crippen LogP contribution in [0.25, 0.3) is 0 Å². The monoisotopic (exact) mass is 268 g/mol. The molecule has 1 aliphatic heterocycles. The number of aliphatic carboxylic acids is 1. The number of carboxylic acid groups (broad SMARTS) is 1. The van der Waals surface area contributed by atoms with Gasteiger partial charge in [0.1, 0.15) is 0 Å². The fourth-order valence-electron chi connectivity index (χ4n) is 3.33. The van der Waals surface area contributed by atoms with E-state index in [0.717, 1.165) is 32.1 Å². The minimum absolute atomic E-state index is 0.0292. The van der Waals surface area contributed by atoms with E-state index in [9.17, 15) is 14.4 Å². The van der Waals surface area contributed by atoms with Gasteiger partial charge in [-0.2, -0.15) is 0 Å². The first kappa shape index (κ1) is 14.0. The second-order valence-electron chi connectivity index (χ2n) is 5.60. The summed E-state index contributed by atoms with van der Waals surface area (Å²) < 4.78 is 0. The highest BCUT2D eigenvalue weighted by molar-refractivity contribution is 6.05. The van der Waals surface area contributed by atoms with Crippen LogP contribution >= 0.6 is 0 Å². The Labute approximate surface area is 112 Å². The summed E-state index contributed by atoms with van der Waals surface area (Å²) in [6, 6.07) is -0.523. The highest BCUT2D eigenvalue weighted by Crippen LogP contribution is 2.37. The van der Waals surface area contributed by atoms with Crippen LogP contribution in [0.4, 0.5) is 0 Å². The van der Waals surface area contributed by atoms with Gasteiger partial charge < -0.3 is 5.11 Å². The molecule has 0 aromatic carbocycles. The van der Waals surface area contributed by atoms with E-state index >= 15 is 0 Å². The van der Waals surface area contributed by atoms with Crippen LogP contribution in [-0.2, 0) is 14.4 Å². The number of rotatable bonds is 4. The van der Waals surface area contributed by atoms with Crippen molar-refractivity contribution in [3.8, 4) is 0 Å². The van der Waals surface area contributed by atoms with Crippen LogP contribution in [0.5, 0.6) is 0 Å². The molecular formula is C13H20N2O4. The minimum atomic E-state index is -0.849. The van der Waals surface area contributed by atoms with E-state index in [0.29, 0.717) is 0 Å². The molecule has 106 valence electrons. The van der Waals surface area contributed by atoms with Crippen molar-refractivity contribution >= 4 is 17.8 Å². The van der Waals surface area contributed by atoms with Gasteiger partial charge in [0.15, 0.2) is 0 Å². The summed E-state index contributed by atoms with van der Waals surface area (Å²) in [4.78, 5) is 36.1. The number of carbonyl (C=O) groups excluding carboxylic acids is 2. The van der Waals surface area contributed by atoms with Gasteiger partial charge in [0, 0.05) is 5.54 Å². The van der Waals surface area contributed by atoms with Crippen LogP contribution in [0.3, 0.4) is 0 Å². The molecule has 19 heavy (non-hydrogen) atoms. The summed E-state index contributed by atoms with van der Waals surface area (Å²) in [6.45, 7) is 0. The van der Waals surface area contributed by atoms with E-state index in [1.165, 1.54) is 0 Å². The lowest BCUT2D eigenvalue weighted by Gasteiger charge is -2.45. The first-order valence-corrected chi connectivity index (χ1v) is 6.73. The molecule has 1 atom stereocenters. The smallest absolute Gasteiger partial charge is 0.305 e. The quantitative estimate of drug-likeness (QED) is 0.725. The number of imide groups is 1. The lowest BCUT2D eigenvalue weighted by atomic mass is 9.77.